The summed E-state index contributed by atoms with van der Waals surface area (Å²) < 4.78 is 25.2. The molecule has 0 saturated carbocycles. The standard InChI is InChI=1S/C13H16N2O4S/c1-8-3-5-10(6-4-8)20(18,19)12-9(2)14-13(17)15-11(12)7-16/h3-6,11,16H,7H2,1-2H3,(H2,14,15,17)/t11-/m0/s1. The molecule has 0 aliphatic carbocycles. The van der Waals surface area contributed by atoms with E-state index >= 15 is 0 Å². The minimum absolute atomic E-state index is 0.0107. The van der Waals surface area contributed by atoms with Crippen LogP contribution in [0, 0.1) is 6.92 Å². The summed E-state index contributed by atoms with van der Waals surface area (Å²) >= 11 is 0. The molecule has 0 aromatic heterocycles. The van der Waals surface area contributed by atoms with Crippen LogP contribution < -0.4 is 10.6 Å². The van der Waals surface area contributed by atoms with Gasteiger partial charge in [0.15, 0.2) is 0 Å². The van der Waals surface area contributed by atoms with Crippen molar-refractivity contribution in [1.82, 2.24) is 10.6 Å². The molecule has 1 aliphatic heterocycles. The molecule has 0 fully saturated rings. The van der Waals surface area contributed by atoms with Gasteiger partial charge in [-0.05, 0) is 26.0 Å². The lowest BCUT2D eigenvalue weighted by atomic mass is 10.2. The van der Waals surface area contributed by atoms with Gasteiger partial charge in [0, 0.05) is 5.70 Å². The summed E-state index contributed by atoms with van der Waals surface area (Å²) in [5, 5.41) is 14.1. The number of benzene rings is 1. The Labute approximate surface area is 117 Å². The van der Waals surface area contributed by atoms with Gasteiger partial charge in [0.25, 0.3) is 0 Å². The Morgan fingerprint density at radius 3 is 2.35 bits per heavy atom. The highest BCUT2D eigenvalue weighted by molar-refractivity contribution is 7.95. The summed E-state index contributed by atoms with van der Waals surface area (Å²) in [6.45, 7) is 2.88. The van der Waals surface area contributed by atoms with E-state index in [0.29, 0.717) is 0 Å². The van der Waals surface area contributed by atoms with Gasteiger partial charge in [-0.15, -0.1) is 0 Å². The van der Waals surface area contributed by atoms with Gasteiger partial charge in [-0.25, -0.2) is 13.2 Å². The summed E-state index contributed by atoms with van der Waals surface area (Å²) in [5.74, 6) is 0. The van der Waals surface area contributed by atoms with Crippen LogP contribution in [0.2, 0.25) is 0 Å². The fourth-order valence-electron chi connectivity index (χ4n) is 2.11. The molecule has 0 unspecified atom stereocenters. The molecule has 0 radical (unpaired) electrons. The maximum atomic E-state index is 12.6. The maximum Gasteiger partial charge on any atom is 0.319 e. The number of nitrogens with one attached hydrogen (secondary N) is 2. The third-order valence-electron chi connectivity index (χ3n) is 3.10. The van der Waals surface area contributed by atoms with Crippen molar-refractivity contribution >= 4 is 15.9 Å². The van der Waals surface area contributed by atoms with Crippen molar-refractivity contribution in [3.8, 4) is 0 Å². The van der Waals surface area contributed by atoms with E-state index < -0.39 is 28.5 Å². The first-order valence-electron chi connectivity index (χ1n) is 6.07. The van der Waals surface area contributed by atoms with E-state index in [1.807, 2.05) is 6.92 Å². The zero-order valence-corrected chi connectivity index (χ0v) is 12.0. The predicted octanol–water partition coefficient (Wildman–Crippen LogP) is 0.674. The molecule has 2 rings (SSSR count). The number of aliphatic hydroxyl groups is 1. The van der Waals surface area contributed by atoms with E-state index in [1.54, 1.807) is 12.1 Å². The number of amides is 2. The van der Waals surface area contributed by atoms with Gasteiger partial charge >= 0.3 is 6.03 Å². The van der Waals surface area contributed by atoms with Crippen LogP contribution in [0.3, 0.4) is 0 Å². The average Bonchev–Trinajstić information content (AvgIpc) is 2.37. The second-order valence-electron chi connectivity index (χ2n) is 4.64. The molecular formula is C13H16N2O4S. The predicted molar refractivity (Wildman–Crippen MR) is 73.6 cm³/mol. The number of aliphatic hydroxyl groups excluding tert-OH is 1. The molecule has 20 heavy (non-hydrogen) atoms. The Balaban J connectivity index is 2.54. The Hall–Kier alpha value is -1.86. The highest BCUT2D eigenvalue weighted by Gasteiger charge is 2.34. The molecule has 1 aromatic carbocycles. The number of allylic oxidation sites excluding steroid dienone is 1. The van der Waals surface area contributed by atoms with Crippen molar-refractivity contribution in [2.24, 2.45) is 0 Å². The molecule has 2 amide bonds. The summed E-state index contributed by atoms with van der Waals surface area (Å²) in [7, 11) is -3.77. The topological polar surface area (TPSA) is 95.5 Å². The van der Waals surface area contributed by atoms with E-state index in [4.69, 9.17) is 0 Å². The van der Waals surface area contributed by atoms with Crippen molar-refractivity contribution in [2.45, 2.75) is 24.8 Å². The molecule has 1 atom stereocenters. The number of urea groups is 1. The Kier molecular flexibility index (Phi) is 3.82. The van der Waals surface area contributed by atoms with Gasteiger partial charge in [0.2, 0.25) is 9.84 Å². The van der Waals surface area contributed by atoms with Crippen LogP contribution >= 0.6 is 0 Å². The number of aryl methyl sites for hydroxylation is 1. The van der Waals surface area contributed by atoms with Gasteiger partial charge in [0.1, 0.15) is 0 Å². The van der Waals surface area contributed by atoms with Crippen molar-refractivity contribution in [3.63, 3.8) is 0 Å². The molecule has 1 aliphatic rings. The second-order valence-corrected chi connectivity index (χ2v) is 6.56. The fraction of sp³-hybridized carbons (Fsp3) is 0.308. The number of hydrogen-bond acceptors (Lipinski definition) is 4. The third kappa shape index (κ3) is 2.54. The van der Waals surface area contributed by atoms with E-state index in [9.17, 15) is 18.3 Å². The molecular weight excluding hydrogens is 280 g/mol. The molecule has 0 bridgehead atoms. The normalized spacial score (nSPS) is 19.6. The van der Waals surface area contributed by atoms with Crippen LogP contribution in [0.15, 0.2) is 39.8 Å². The summed E-state index contributed by atoms with van der Waals surface area (Å²) in [6.07, 6.45) is 0. The SMILES string of the molecule is CC1=C(S(=O)(=O)c2ccc(C)cc2)[C@H](CO)NC(=O)N1. The van der Waals surface area contributed by atoms with Crippen LogP contribution in [0.1, 0.15) is 12.5 Å². The van der Waals surface area contributed by atoms with Crippen LogP contribution in [0.4, 0.5) is 4.79 Å². The van der Waals surface area contributed by atoms with Gasteiger partial charge < -0.3 is 15.7 Å². The van der Waals surface area contributed by atoms with E-state index in [1.165, 1.54) is 19.1 Å². The maximum absolute atomic E-state index is 12.6. The lowest BCUT2D eigenvalue weighted by Gasteiger charge is -2.27. The second kappa shape index (κ2) is 5.26. The molecule has 1 heterocycles. The van der Waals surface area contributed by atoms with Gasteiger partial charge in [-0.1, -0.05) is 17.7 Å². The monoisotopic (exact) mass is 296 g/mol. The largest absolute Gasteiger partial charge is 0.394 e. The van der Waals surface area contributed by atoms with Crippen molar-refractivity contribution < 1.29 is 18.3 Å². The number of carbonyl (C=O) groups excluding carboxylic acids is 1. The summed E-state index contributed by atoms with van der Waals surface area (Å²) in [4.78, 5) is 11.5. The molecule has 108 valence electrons. The lowest BCUT2D eigenvalue weighted by molar-refractivity contribution is 0.222. The molecule has 7 heteroatoms. The summed E-state index contributed by atoms with van der Waals surface area (Å²) in [5.41, 5.74) is 1.18. The van der Waals surface area contributed by atoms with Crippen molar-refractivity contribution in [3.05, 3.63) is 40.4 Å². The molecule has 0 saturated heterocycles. The zero-order valence-electron chi connectivity index (χ0n) is 11.2. The van der Waals surface area contributed by atoms with Gasteiger partial charge in [0.05, 0.1) is 22.4 Å². The van der Waals surface area contributed by atoms with Crippen molar-refractivity contribution in [1.29, 1.82) is 0 Å². The molecule has 3 N–H and O–H groups in total. The van der Waals surface area contributed by atoms with Crippen LogP contribution in [0.5, 0.6) is 0 Å². The highest BCUT2D eigenvalue weighted by atomic mass is 32.2. The first-order valence-corrected chi connectivity index (χ1v) is 7.55. The number of hydrogen-bond donors (Lipinski definition) is 3. The molecule has 6 nitrogen and oxygen atoms in total. The van der Waals surface area contributed by atoms with Crippen LogP contribution in [-0.2, 0) is 9.84 Å². The molecule has 0 spiro atoms. The van der Waals surface area contributed by atoms with E-state index in [0.717, 1.165) is 5.56 Å². The highest BCUT2D eigenvalue weighted by Crippen LogP contribution is 2.26. The third-order valence-corrected chi connectivity index (χ3v) is 5.16. The van der Waals surface area contributed by atoms with Gasteiger partial charge in [-0.2, -0.15) is 0 Å². The lowest BCUT2D eigenvalue weighted by Crippen LogP contribution is -2.51. The fourth-order valence-corrected chi connectivity index (χ4v) is 3.83. The minimum atomic E-state index is -3.77. The minimum Gasteiger partial charge on any atom is -0.394 e. The molecule has 1 aromatic rings. The number of rotatable bonds is 3. The Bertz CT molecular complexity index is 662. The smallest absolute Gasteiger partial charge is 0.319 e. The number of sulfone groups is 1. The van der Waals surface area contributed by atoms with Crippen LogP contribution in [-0.4, -0.2) is 32.2 Å². The quantitative estimate of drug-likeness (QED) is 0.764. The van der Waals surface area contributed by atoms with Crippen molar-refractivity contribution in [2.75, 3.05) is 6.61 Å². The Morgan fingerprint density at radius 2 is 1.80 bits per heavy atom. The van der Waals surface area contributed by atoms with Gasteiger partial charge in [-0.3, -0.25) is 0 Å². The number of carbonyl (C=O) groups is 1. The van der Waals surface area contributed by atoms with Crippen LogP contribution in [0.25, 0.3) is 0 Å². The zero-order chi connectivity index (χ0) is 14.9. The average molecular weight is 296 g/mol. The Morgan fingerprint density at radius 1 is 1.20 bits per heavy atom. The summed E-state index contributed by atoms with van der Waals surface area (Å²) in [6, 6.07) is 4.96. The van der Waals surface area contributed by atoms with E-state index in [-0.39, 0.29) is 15.5 Å². The first-order chi connectivity index (χ1) is 9.36. The van der Waals surface area contributed by atoms with E-state index in [2.05, 4.69) is 10.6 Å². The first kappa shape index (κ1) is 14.5.